The lowest BCUT2D eigenvalue weighted by atomic mass is 10.2. The molecule has 19 heavy (non-hydrogen) atoms. The van der Waals surface area contributed by atoms with E-state index in [0.717, 1.165) is 31.6 Å². The van der Waals surface area contributed by atoms with Crippen molar-refractivity contribution in [1.82, 2.24) is 14.7 Å². The van der Waals surface area contributed by atoms with Gasteiger partial charge in [0.2, 0.25) is 0 Å². The summed E-state index contributed by atoms with van der Waals surface area (Å²) in [6.07, 6.45) is 4.21. The lowest BCUT2D eigenvalue weighted by molar-refractivity contribution is 0.0737. The molecule has 0 unspecified atom stereocenters. The normalized spacial score (nSPS) is 14.7. The minimum Gasteiger partial charge on any atom is -0.395 e. The second kappa shape index (κ2) is 5.63. The van der Waals surface area contributed by atoms with Crippen LogP contribution in [-0.4, -0.2) is 33.7 Å². The van der Waals surface area contributed by atoms with Crippen LogP contribution in [0.25, 0.3) is 0 Å². The van der Waals surface area contributed by atoms with E-state index in [1.807, 2.05) is 11.8 Å². The Bertz CT molecular complexity index is 462. The summed E-state index contributed by atoms with van der Waals surface area (Å²) in [6, 6.07) is 0. The Labute approximate surface area is 114 Å². The number of carbonyl (C=O) groups excluding carboxylic acids is 1. The van der Waals surface area contributed by atoms with Crippen LogP contribution in [0.15, 0.2) is 0 Å². The van der Waals surface area contributed by atoms with Gasteiger partial charge in [0, 0.05) is 20.1 Å². The molecule has 1 aliphatic rings. The third-order valence-electron chi connectivity index (χ3n) is 3.65. The molecular weight excluding hydrogens is 240 g/mol. The van der Waals surface area contributed by atoms with Gasteiger partial charge in [-0.15, -0.1) is 0 Å². The topological polar surface area (TPSA) is 64.2 Å². The van der Waals surface area contributed by atoms with Crippen molar-refractivity contribution in [2.45, 2.75) is 39.5 Å². The highest BCUT2D eigenvalue weighted by atomic mass is 16.2. The molecule has 5 heteroatoms. The van der Waals surface area contributed by atoms with E-state index in [1.54, 1.807) is 11.7 Å². The molecule has 106 valence electrons. The standard InChI is InChI=1S/C14H24N4O/c1-4-8-18(9-10-6-7-10)14(19)13-12(15)11(5-2)16-17(13)3/h10H,4-9,15H2,1-3H3. The van der Waals surface area contributed by atoms with E-state index >= 15 is 0 Å². The van der Waals surface area contributed by atoms with Crippen molar-refractivity contribution in [3.8, 4) is 0 Å². The molecule has 0 bridgehead atoms. The summed E-state index contributed by atoms with van der Waals surface area (Å²) in [5.74, 6) is 0.719. The van der Waals surface area contributed by atoms with Crippen molar-refractivity contribution in [1.29, 1.82) is 0 Å². The first-order chi connectivity index (χ1) is 9.08. The van der Waals surface area contributed by atoms with Crippen molar-refractivity contribution in [3.05, 3.63) is 11.4 Å². The van der Waals surface area contributed by atoms with Crippen LogP contribution in [0.3, 0.4) is 0 Å². The Kier molecular flexibility index (Phi) is 4.12. The second-order valence-electron chi connectivity index (χ2n) is 5.38. The Morgan fingerprint density at radius 3 is 2.63 bits per heavy atom. The fourth-order valence-corrected chi connectivity index (χ4v) is 2.42. The minimum atomic E-state index is 0.0287. The first kappa shape index (κ1) is 13.9. The van der Waals surface area contributed by atoms with Crippen LogP contribution >= 0.6 is 0 Å². The molecule has 0 aliphatic heterocycles. The number of hydrogen-bond donors (Lipinski definition) is 1. The van der Waals surface area contributed by atoms with E-state index in [0.29, 0.717) is 17.3 Å². The summed E-state index contributed by atoms with van der Waals surface area (Å²) in [6.45, 7) is 5.75. The van der Waals surface area contributed by atoms with Crippen molar-refractivity contribution in [2.75, 3.05) is 18.8 Å². The number of hydrogen-bond acceptors (Lipinski definition) is 3. The van der Waals surface area contributed by atoms with Gasteiger partial charge in [-0.3, -0.25) is 9.48 Å². The van der Waals surface area contributed by atoms with E-state index < -0.39 is 0 Å². The Hall–Kier alpha value is -1.52. The van der Waals surface area contributed by atoms with Gasteiger partial charge in [0.25, 0.3) is 5.91 Å². The summed E-state index contributed by atoms with van der Waals surface area (Å²) in [5.41, 5.74) is 7.97. The lowest BCUT2D eigenvalue weighted by Gasteiger charge is -2.22. The smallest absolute Gasteiger partial charge is 0.274 e. The van der Waals surface area contributed by atoms with Gasteiger partial charge < -0.3 is 10.6 Å². The Morgan fingerprint density at radius 1 is 1.47 bits per heavy atom. The molecule has 1 fully saturated rings. The summed E-state index contributed by atoms with van der Waals surface area (Å²) in [7, 11) is 1.80. The first-order valence-corrected chi connectivity index (χ1v) is 7.19. The number of nitrogens with two attached hydrogens (primary N) is 1. The Morgan fingerprint density at radius 2 is 2.16 bits per heavy atom. The number of anilines is 1. The maximum absolute atomic E-state index is 12.7. The van der Waals surface area contributed by atoms with Crippen LogP contribution in [0.2, 0.25) is 0 Å². The zero-order valence-electron chi connectivity index (χ0n) is 12.1. The molecule has 0 saturated heterocycles. The van der Waals surface area contributed by atoms with Gasteiger partial charge in [0.15, 0.2) is 0 Å². The van der Waals surface area contributed by atoms with Gasteiger partial charge in [0.1, 0.15) is 5.69 Å². The van der Waals surface area contributed by atoms with Gasteiger partial charge in [-0.25, -0.2) is 0 Å². The number of rotatable bonds is 6. The molecule has 2 rings (SSSR count). The average Bonchev–Trinajstić information content (AvgIpc) is 3.14. The maximum Gasteiger partial charge on any atom is 0.274 e. The van der Waals surface area contributed by atoms with E-state index in [2.05, 4.69) is 12.0 Å². The molecule has 0 aromatic carbocycles. The van der Waals surface area contributed by atoms with Crippen molar-refractivity contribution in [3.63, 3.8) is 0 Å². The summed E-state index contributed by atoms with van der Waals surface area (Å²) in [4.78, 5) is 14.6. The first-order valence-electron chi connectivity index (χ1n) is 7.19. The molecule has 1 aromatic heterocycles. The van der Waals surface area contributed by atoms with Crippen molar-refractivity contribution >= 4 is 11.6 Å². The maximum atomic E-state index is 12.7. The minimum absolute atomic E-state index is 0.0287. The molecule has 0 spiro atoms. The number of carbonyl (C=O) groups is 1. The second-order valence-corrected chi connectivity index (χ2v) is 5.38. The number of nitrogen functional groups attached to an aromatic ring is 1. The highest BCUT2D eigenvalue weighted by molar-refractivity contribution is 5.98. The average molecular weight is 264 g/mol. The molecule has 0 atom stereocenters. The van der Waals surface area contributed by atoms with Crippen LogP contribution in [0.4, 0.5) is 5.69 Å². The quantitative estimate of drug-likeness (QED) is 0.852. The molecule has 1 aliphatic carbocycles. The lowest BCUT2D eigenvalue weighted by Crippen LogP contribution is -2.35. The largest absolute Gasteiger partial charge is 0.395 e. The number of aryl methyl sites for hydroxylation is 2. The zero-order valence-corrected chi connectivity index (χ0v) is 12.1. The zero-order chi connectivity index (χ0) is 14.0. The summed E-state index contributed by atoms with van der Waals surface area (Å²) in [5, 5.41) is 4.33. The van der Waals surface area contributed by atoms with Gasteiger partial charge >= 0.3 is 0 Å². The summed E-state index contributed by atoms with van der Waals surface area (Å²) < 4.78 is 1.63. The monoisotopic (exact) mass is 264 g/mol. The van der Waals surface area contributed by atoms with Gasteiger partial charge in [-0.05, 0) is 31.6 Å². The van der Waals surface area contributed by atoms with Crippen LogP contribution in [0.5, 0.6) is 0 Å². The SMILES string of the molecule is CCCN(CC1CC1)C(=O)c1c(N)c(CC)nn1C. The molecule has 1 aromatic rings. The highest BCUT2D eigenvalue weighted by Gasteiger charge is 2.29. The number of aromatic nitrogens is 2. The molecule has 2 N–H and O–H groups in total. The molecule has 5 nitrogen and oxygen atoms in total. The fourth-order valence-electron chi connectivity index (χ4n) is 2.42. The highest BCUT2D eigenvalue weighted by Crippen LogP contribution is 2.30. The van der Waals surface area contributed by atoms with E-state index in [-0.39, 0.29) is 5.91 Å². The van der Waals surface area contributed by atoms with Gasteiger partial charge in [0.05, 0.1) is 11.4 Å². The predicted octanol–water partition coefficient (Wildman–Crippen LogP) is 1.83. The fraction of sp³-hybridized carbons (Fsp3) is 0.714. The van der Waals surface area contributed by atoms with Crippen LogP contribution in [0, 0.1) is 5.92 Å². The van der Waals surface area contributed by atoms with Crippen molar-refractivity contribution in [2.24, 2.45) is 13.0 Å². The predicted molar refractivity (Wildman–Crippen MR) is 75.9 cm³/mol. The van der Waals surface area contributed by atoms with E-state index in [9.17, 15) is 4.79 Å². The number of nitrogens with zero attached hydrogens (tertiary/aromatic N) is 3. The summed E-state index contributed by atoms with van der Waals surface area (Å²) >= 11 is 0. The Balaban J connectivity index is 2.22. The van der Waals surface area contributed by atoms with E-state index in [4.69, 9.17) is 5.73 Å². The molecule has 0 radical (unpaired) electrons. The third kappa shape index (κ3) is 2.91. The molecule has 1 amide bonds. The van der Waals surface area contributed by atoms with Crippen LogP contribution in [0.1, 0.15) is 49.3 Å². The van der Waals surface area contributed by atoms with E-state index in [1.165, 1.54) is 12.8 Å². The molecule has 1 saturated carbocycles. The van der Waals surface area contributed by atoms with Crippen LogP contribution in [-0.2, 0) is 13.5 Å². The van der Waals surface area contributed by atoms with Crippen molar-refractivity contribution < 1.29 is 4.79 Å². The molecular formula is C14H24N4O. The van der Waals surface area contributed by atoms with Gasteiger partial charge in [-0.2, -0.15) is 5.10 Å². The number of amides is 1. The molecule has 1 heterocycles. The van der Waals surface area contributed by atoms with Crippen LogP contribution < -0.4 is 5.73 Å². The van der Waals surface area contributed by atoms with Gasteiger partial charge in [-0.1, -0.05) is 13.8 Å². The third-order valence-corrected chi connectivity index (χ3v) is 3.65.